The Morgan fingerprint density at radius 2 is 1.53 bits per heavy atom. The molecule has 0 aliphatic heterocycles. The van der Waals surface area contributed by atoms with E-state index in [0.717, 1.165) is 12.8 Å². The van der Waals surface area contributed by atoms with Crippen LogP contribution in [0.5, 0.6) is 0 Å². The fourth-order valence-corrected chi connectivity index (χ4v) is 3.33. The van der Waals surface area contributed by atoms with Crippen molar-refractivity contribution in [2.45, 2.75) is 77.7 Å². The minimum Gasteiger partial charge on any atom is -0.457 e. The van der Waals surface area contributed by atoms with Crippen molar-refractivity contribution in [2.24, 2.45) is 0 Å². The maximum atomic E-state index is 12.1. The summed E-state index contributed by atoms with van der Waals surface area (Å²) < 4.78 is 33.7. The van der Waals surface area contributed by atoms with Crippen LogP contribution in [0.15, 0.2) is 0 Å². The highest BCUT2D eigenvalue weighted by Gasteiger charge is 2.26. The normalized spacial score (nSPS) is 15.0. The number of carbonyl (C=O) groups is 1. The number of phosphoric ester groups is 1. The van der Waals surface area contributed by atoms with Crippen molar-refractivity contribution in [3.05, 3.63) is 0 Å². The average Bonchev–Trinajstić information content (AvgIpc) is 2.63. The molecule has 2 atom stereocenters. The van der Waals surface area contributed by atoms with Gasteiger partial charge in [0.15, 0.2) is 0 Å². The maximum absolute atomic E-state index is 12.1. The number of phosphoric acid groups is 1. The van der Waals surface area contributed by atoms with Crippen LogP contribution in [-0.4, -0.2) is 75.6 Å². The Labute approximate surface area is 183 Å². The Hall–Kier alpha value is -0.500. The lowest BCUT2D eigenvalue weighted by molar-refractivity contribution is -0.870. The Balaban J connectivity index is 4.27. The molecule has 0 heterocycles. The molecule has 0 aromatic heterocycles. The minimum atomic E-state index is -4.21. The van der Waals surface area contributed by atoms with Gasteiger partial charge in [-0.2, -0.15) is 0 Å². The van der Waals surface area contributed by atoms with Crippen molar-refractivity contribution >= 4 is 13.8 Å². The van der Waals surface area contributed by atoms with Gasteiger partial charge in [0, 0.05) is 13.0 Å². The molecule has 0 aromatic carbocycles. The molecule has 180 valence electrons. The van der Waals surface area contributed by atoms with E-state index < -0.39 is 13.9 Å². The van der Waals surface area contributed by atoms with E-state index in [0.29, 0.717) is 24.1 Å². The van der Waals surface area contributed by atoms with Gasteiger partial charge >= 0.3 is 13.8 Å². The number of unbranched alkanes of at least 4 members (excludes halogenated alkanes) is 6. The van der Waals surface area contributed by atoms with Gasteiger partial charge in [0.2, 0.25) is 0 Å². The van der Waals surface area contributed by atoms with Crippen molar-refractivity contribution in [2.75, 3.05) is 54.1 Å². The van der Waals surface area contributed by atoms with E-state index in [1.165, 1.54) is 32.1 Å². The van der Waals surface area contributed by atoms with Gasteiger partial charge in [-0.3, -0.25) is 13.8 Å². The number of carbonyl (C=O) groups excluding carboxylic acids is 1. The van der Waals surface area contributed by atoms with E-state index in [4.69, 9.17) is 18.5 Å². The molecule has 0 fully saturated rings. The molecule has 0 radical (unpaired) electrons. The van der Waals surface area contributed by atoms with Crippen molar-refractivity contribution < 1.29 is 37.3 Å². The van der Waals surface area contributed by atoms with Crippen LogP contribution in [0.1, 0.15) is 71.6 Å². The fourth-order valence-electron chi connectivity index (χ4n) is 2.59. The molecular weight excluding hydrogens is 409 g/mol. The van der Waals surface area contributed by atoms with Gasteiger partial charge in [0.05, 0.1) is 34.4 Å². The number of rotatable bonds is 20. The molecule has 0 bridgehead atoms. The molecule has 0 amide bonds. The zero-order valence-electron chi connectivity index (χ0n) is 19.8. The maximum Gasteiger partial charge on any atom is 0.472 e. The Morgan fingerprint density at radius 3 is 2.13 bits per heavy atom. The van der Waals surface area contributed by atoms with E-state index in [1.54, 1.807) is 0 Å². The lowest BCUT2D eigenvalue weighted by Crippen LogP contribution is -2.37. The number of ether oxygens (including phenoxy) is 2. The summed E-state index contributed by atoms with van der Waals surface area (Å²) in [6, 6.07) is 0. The molecule has 0 aromatic rings. The van der Waals surface area contributed by atoms with E-state index in [2.05, 4.69) is 6.92 Å². The van der Waals surface area contributed by atoms with Crippen molar-refractivity contribution in [3.63, 3.8) is 0 Å². The third kappa shape index (κ3) is 19.5. The van der Waals surface area contributed by atoms with Gasteiger partial charge in [-0.25, -0.2) is 4.57 Å². The monoisotopic (exact) mass is 454 g/mol. The zero-order chi connectivity index (χ0) is 22.9. The van der Waals surface area contributed by atoms with E-state index >= 15 is 0 Å². The number of nitrogens with zero attached hydrogens (tertiary/aromatic N) is 1. The summed E-state index contributed by atoms with van der Waals surface area (Å²) in [6.07, 6.45) is 8.50. The van der Waals surface area contributed by atoms with Crippen LogP contribution in [0.4, 0.5) is 0 Å². The Bertz CT molecular complexity index is 482. The number of likely N-dealkylation sites (N-methyl/N-ethyl adjacent to an activating group) is 1. The van der Waals surface area contributed by atoms with Crippen molar-refractivity contribution in [3.8, 4) is 0 Å². The zero-order valence-corrected chi connectivity index (χ0v) is 20.7. The van der Waals surface area contributed by atoms with Crippen LogP contribution >= 0.6 is 7.82 Å². The molecule has 0 saturated carbocycles. The summed E-state index contributed by atoms with van der Waals surface area (Å²) in [5.74, 6) is -0.371. The summed E-state index contributed by atoms with van der Waals surface area (Å²) >= 11 is 0. The number of hydrogen-bond acceptors (Lipinski definition) is 6. The van der Waals surface area contributed by atoms with Crippen molar-refractivity contribution in [1.29, 1.82) is 0 Å². The molecule has 0 saturated heterocycles. The largest absolute Gasteiger partial charge is 0.472 e. The number of hydrogen-bond donors (Lipinski definition) is 1. The lowest BCUT2D eigenvalue weighted by Gasteiger charge is -2.24. The van der Waals surface area contributed by atoms with Crippen molar-refractivity contribution in [1.82, 2.24) is 0 Å². The second-order valence-corrected chi connectivity index (χ2v) is 10.1. The fraction of sp³-hybridized carbons (Fsp3) is 0.952. The van der Waals surface area contributed by atoms with Gasteiger partial charge in [-0.05, 0) is 12.8 Å². The molecule has 1 N–H and O–H groups in total. The van der Waals surface area contributed by atoms with Crippen LogP contribution in [-0.2, 0) is 27.9 Å². The molecule has 30 heavy (non-hydrogen) atoms. The summed E-state index contributed by atoms with van der Waals surface area (Å²) in [7, 11) is 1.66. The van der Waals surface area contributed by atoms with Gasteiger partial charge < -0.3 is 18.9 Å². The second kappa shape index (κ2) is 17.1. The topological polar surface area (TPSA) is 91.3 Å². The molecular formula is C21H45NO7P+. The summed E-state index contributed by atoms with van der Waals surface area (Å²) in [4.78, 5) is 21.7. The highest BCUT2D eigenvalue weighted by atomic mass is 31.2. The first-order chi connectivity index (χ1) is 14.1. The Kier molecular flexibility index (Phi) is 16.8. The third-order valence-corrected chi connectivity index (χ3v) is 5.37. The molecule has 0 spiro atoms. The molecule has 2 unspecified atom stereocenters. The van der Waals surface area contributed by atoms with Gasteiger partial charge in [-0.1, -0.05) is 52.4 Å². The molecule has 0 rings (SSSR count). The van der Waals surface area contributed by atoms with E-state index in [1.807, 2.05) is 28.1 Å². The second-order valence-electron chi connectivity index (χ2n) is 8.67. The molecule has 8 nitrogen and oxygen atoms in total. The van der Waals surface area contributed by atoms with Crippen LogP contribution in [0.3, 0.4) is 0 Å². The highest BCUT2D eigenvalue weighted by Crippen LogP contribution is 2.43. The lowest BCUT2D eigenvalue weighted by atomic mass is 10.1. The number of quaternary nitrogens is 1. The Morgan fingerprint density at radius 1 is 0.900 bits per heavy atom. The van der Waals surface area contributed by atoms with Crippen LogP contribution in [0.25, 0.3) is 0 Å². The highest BCUT2D eigenvalue weighted by molar-refractivity contribution is 7.47. The third-order valence-electron chi connectivity index (χ3n) is 4.39. The summed E-state index contributed by atoms with van der Waals surface area (Å²) in [5, 5.41) is 0. The smallest absolute Gasteiger partial charge is 0.457 e. The first-order valence-electron chi connectivity index (χ1n) is 11.3. The van der Waals surface area contributed by atoms with Gasteiger partial charge in [0.1, 0.15) is 19.3 Å². The van der Waals surface area contributed by atoms with Gasteiger partial charge in [0.25, 0.3) is 0 Å². The molecule has 0 aliphatic rings. The molecule has 9 heteroatoms. The van der Waals surface area contributed by atoms with Crippen LogP contribution in [0.2, 0.25) is 0 Å². The first-order valence-corrected chi connectivity index (χ1v) is 12.8. The van der Waals surface area contributed by atoms with E-state index in [9.17, 15) is 14.3 Å². The first kappa shape index (κ1) is 29.5. The predicted octanol–water partition coefficient (Wildman–Crippen LogP) is 4.31. The summed E-state index contributed by atoms with van der Waals surface area (Å²) in [6.45, 7) is 5.18. The van der Waals surface area contributed by atoms with E-state index in [-0.39, 0.29) is 32.2 Å². The molecule has 0 aliphatic carbocycles. The van der Waals surface area contributed by atoms with Gasteiger partial charge in [-0.15, -0.1) is 0 Å². The quantitative estimate of drug-likeness (QED) is 0.127. The minimum absolute atomic E-state index is 0.0896. The average molecular weight is 455 g/mol. The van der Waals surface area contributed by atoms with Crippen LogP contribution in [0, 0.1) is 0 Å². The SMILES string of the molecule is CCCCCCCCCOCC(COP(=O)(O)OCC[N+](C)(C)C)OC(=O)CCC. The van der Waals surface area contributed by atoms with Crippen LogP contribution < -0.4 is 0 Å². The standard InChI is InChI=1S/C21H44NO7P/c1-6-8-9-10-11-12-13-16-26-18-20(29-21(23)14-7-2)19-28-30(24,25)27-17-15-22(3,4)5/h20H,6-19H2,1-5H3/p+1. The summed E-state index contributed by atoms with van der Waals surface area (Å²) in [5.41, 5.74) is 0. The predicted molar refractivity (Wildman–Crippen MR) is 118 cm³/mol. The number of esters is 1.